The molecule has 27 heavy (non-hydrogen) atoms. The lowest BCUT2D eigenvalue weighted by atomic mass is 10.1. The number of quaternary nitrogens is 1. The van der Waals surface area contributed by atoms with E-state index < -0.39 is 0 Å². The first-order valence-electron chi connectivity index (χ1n) is 9.52. The molecular weight excluding hydrogens is 376 g/mol. The summed E-state index contributed by atoms with van der Waals surface area (Å²) in [5.74, 6) is 1.17. The number of nitrogens with one attached hydrogen (secondary N) is 1. The van der Waals surface area contributed by atoms with Crippen LogP contribution in [0.15, 0.2) is 48.5 Å². The molecule has 1 saturated heterocycles. The Morgan fingerprint density at radius 3 is 2.63 bits per heavy atom. The molecule has 1 aliphatic heterocycles. The largest absolute Gasteiger partial charge is 0.321 e. The molecule has 0 aliphatic carbocycles. The highest BCUT2D eigenvalue weighted by Crippen LogP contribution is 2.40. The van der Waals surface area contributed by atoms with Crippen LogP contribution < -0.4 is 4.90 Å². The van der Waals surface area contributed by atoms with Crippen molar-refractivity contribution in [2.75, 3.05) is 18.8 Å². The first kappa shape index (κ1) is 20.2. The van der Waals surface area contributed by atoms with Gasteiger partial charge in [0, 0.05) is 28.4 Å². The third kappa shape index (κ3) is 4.87. The molecule has 2 aromatic rings. The fourth-order valence-electron chi connectivity index (χ4n) is 3.48. The van der Waals surface area contributed by atoms with Gasteiger partial charge in [0.05, 0.1) is 6.04 Å². The molecule has 1 heterocycles. The number of rotatable bonds is 6. The van der Waals surface area contributed by atoms with Gasteiger partial charge >= 0.3 is 0 Å². The number of hydrogen-bond acceptors (Lipinski definition) is 2. The van der Waals surface area contributed by atoms with E-state index >= 15 is 0 Å². The maximum Gasteiger partial charge on any atom is 0.278 e. The van der Waals surface area contributed by atoms with Gasteiger partial charge in [-0.2, -0.15) is 0 Å². The minimum Gasteiger partial charge on any atom is -0.321 e. The quantitative estimate of drug-likeness (QED) is 0.795. The summed E-state index contributed by atoms with van der Waals surface area (Å²) in [7, 11) is 0. The smallest absolute Gasteiger partial charge is 0.278 e. The van der Waals surface area contributed by atoms with Crippen LogP contribution in [0, 0.1) is 6.92 Å². The molecule has 0 bridgehead atoms. The lowest BCUT2D eigenvalue weighted by Gasteiger charge is -2.29. The Balaban J connectivity index is 1.73. The number of halogens is 1. The van der Waals surface area contributed by atoms with Crippen LogP contribution in [0.1, 0.15) is 35.9 Å². The molecule has 2 atom stereocenters. The molecule has 1 amide bonds. The van der Waals surface area contributed by atoms with Gasteiger partial charge in [-0.05, 0) is 32.4 Å². The van der Waals surface area contributed by atoms with Crippen molar-refractivity contribution in [3.63, 3.8) is 0 Å². The number of amides is 1. The van der Waals surface area contributed by atoms with Crippen molar-refractivity contribution >= 4 is 29.3 Å². The van der Waals surface area contributed by atoms with Crippen molar-refractivity contribution in [2.24, 2.45) is 0 Å². The molecule has 0 spiro atoms. The molecule has 0 aromatic heterocycles. The fraction of sp³-hybridized carbons (Fsp3) is 0.409. The van der Waals surface area contributed by atoms with E-state index in [2.05, 4.69) is 45.0 Å². The first-order valence-corrected chi connectivity index (χ1v) is 10.9. The zero-order valence-electron chi connectivity index (χ0n) is 16.2. The summed E-state index contributed by atoms with van der Waals surface area (Å²) in [6.45, 7) is 8.67. The molecule has 3 rings (SSSR count). The van der Waals surface area contributed by atoms with Gasteiger partial charge in [0.2, 0.25) is 0 Å². The summed E-state index contributed by atoms with van der Waals surface area (Å²) in [5, 5.41) is 0.765. The van der Waals surface area contributed by atoms with Crippen LogP contribution >= 0.6 is 23.4 Å². The van der Waals surface area contributed by atoms with E-state index in [1.165, 1.54) is 16.0 Å². The van der Waals surface area contributed by atoms with Crippen LogP contribution in [0.2, 0.25) is 5.02 Å². The number of nitrogens with zero attached hydrogens (tertiary/aromatic N) is 1. The van der Waals surface area contributed by atoms with Crippen LogP contribution in [0.25, 0.3) is 0 Å². The third-order valence-corrected chi connectivity index (χ3v) is 6.84. The van der Waals surface area contributed by atoms with Gasteiger partial charge in [-0.3, -0.25) is 4.79 Å². The number of hydrogen-bond donors (Lipinski definition) is 1. The number of benzene rings is 2. The Morgan fingerprint density at radius 1 is 1.22 bits per heavy atom. The summed E-state index contributed by atoms with van der Waals surface area (Å²) < 4.78 is 0. The second kappa shape index (κ2) is 9.13. The number of carbonyl (C=O) groups is 1. The predicted octanol–water partition coefficient (Wildman–Crippen LogP) is 3.72. The molecule has 0 saturated carbocycles. The maximum absolute atomic E-state index is 13.2. The summed E-state index contributed by atoms with van der Waals surface area (Å²) in [4.78, 5) is 16.5. The molecule has 1 N–H and O–H groups in total. The van der Waals surface area contributed by atoms with Gasteiger partial charge in [-0.25, -0.2) is 0 Å². The van der Waals surface area contributed by atoms with Crippen LogP contribution in [-0.2, 0) is 11.3 Å². The first-order chi connectivity index (χ1) is 13.0. The fourth-order valence-corrected chi connectivity index (χ4v) is 5.10. The Morgan fingerprint density at radius 2 is 1.93 bits per heavy atom. The summed E-state index contributed by atoms with van der Waals surface area (Å²) in [6, 6.07) is 16.7. The third-order valence-electron chi connectivity index (χ3n) is 5.26. The van der Waals surface area contributed by atoms with Crippen LogP contribution in [-0.4, -0.2) is 35.7 Å². The van der Waals surface area contributed by atoms with Crippen molar-refractivity contribution in [2.45, 2.75) is 38.7 Å². The maximum atomic E-state index is 13.2. The number of aryl methyl sites for hydroxylation is 1. The molecule has 1 aliphatic rings. The molecular formula is C22H28ClN2OS+. The van der Waals surface area contributed by atoms with Gasteiger partial charge in [0.15, 0.2) is 6.54 Å². The molecule has 0 radical (unpaired) electrons. The monoisotopic (exact) mass is 403 g/mol. The zero-order valence-corrected chi connectivity index (χ0v) is 17.8. The van der Waals surface area contributed by atoms with Crippen molar-refractivity contribution in [3.05, 3.63) is 70.2 Å². The minimum absolute atomic E-state index is 0.0260. The summed E-state index contributed by atoms with van der Waals surface area (Å²) in [6.07, 6.45) is 0. The topological polar surface area (TPSA) is 24.8 Å². The van der Waals surface area contributed by atoms with E-state index in [0.717, 1.165) is 29.4 Å². The highest BCUT2D eigenvalue weighted by molar-refractivity contribution is 7.99. The van der Waals surface area contributed by atoms with Crippen LogP contribution in [0.4, 0.5) is 0 Å². The standard InChI is InChI=1S/C22H27ClN2OS/c1-16(2)24(14-18-9-5-4-8-17(18)3)15-21(26)25-12-13-27-22(25)19-10-6-7-11-20(19)23/h4-11,16,22H,12-15H2,1-3H3/p+1/t22-/m1/s1. The van der Waals surface area contributed by atoms with Crippen molar-refractivity contribution in [1.82, 2.24) is 4.90 Å². The van der Waals surface area contributed by atoms with E-state index in [1.807, 2.05) is 29.2 Å². The molecule has 3 nitrogen and oxygen atoms in total. The average Bonchev–Trinajstić information content (AvgIpc) is 3.12. The van der Waals surface area contributed by atoms with Gasteiger partial charge in [0.1, 0.15) is 11.9 Å². The Bertz CT molecular complexity index is 795. The lowest BCUT2D eigenvalue weighted by Crippen LogP contribution is -3.14. The second-order valence-electron chi connectivity index (χ2n) is 7.42. The van der Waals surface area contributed by atoms with Crippen molar-refractivity contribution in [3.8, 4) is 0 Å². The van der Waals surface area contributed by atoms with Gasteiger partial charge in [-0.15, -0.1) is 11.8 Å². The van der Waals surface area contributed by atoms with E-state index in [4.69, 9.17) is 11.6 Å². The predicted molar refractivity (Wildman–Crippen MR) is 114 cm³/mol. The van der Waals surface area contributed by atoms with Gasteiger partial charge < -0.3 is 9.80 Å². The van der Waals surface area contributed by atoms with E-state index in [1.54, 1.807) is 11.8 Å². The highest BCUT2D eigenvalue weighted by Gasteiger charge is 2.34. The molecule has 144 valence electrons. The van der Waals surface area contributed by atoms with E-state index in [0.29, 0.717) is 12.6 Å². The summed E-state index contributed by atoms with van der Waals surface area (Å²) >= 11 is 8.20. The molecule has 5 heteroatoms. The van der Waals surface area contributed by atoms with Crippen LogP contribution in [0.5, 0.6) is 0 Å². The lowest BCUT2D eigenvalue weighted by molar-refractivity contribution is -0.927. The van der Waals surface area contributed by atoms with Gasteiger partial charge in [-0.1, -0.05) is 54.1 Å². The van der Waals surface area contributed by atoms with E-state index in [9.17, 15) is 4.79 Å². The zero-order chi connectivity index (χ0) is 19.4. The highest BCUT2D eigenvalue weighted by atomic mass is 35.5. The van der Waals surface area contributed by atoms with Crippen molar-refractivity contribution in [1.29, 1.82) is 0 Å². The molecule has 1 unspecified atom stereocenters. The Hall–Kier alpha value is -1.49. The minimum atomic E-state index is 0.0260. The number of thioether (sulfide) groups is 1. The van der Waals surface area contributed by atoms with E-state index in [-0.39, 0.29) is 11.3 Å². The second-order valence-corrected chi connectivity index (χ2v) is 9.02. The average molecular weight is 404 g/mol. The number of carbonyl (C=O) groups excluding carboxylic acids is 1. The van der Waals surface area contributed by atoms with Crippen LogP contribution in [0.3, 0.4) is 0 Å². The Kier molecular flexibility index (Phi) is 6.85. The SMILES string of the molecule is Cc1ccccc1C[NH+](CC(=O)N1CCS[C@@H]1c1ccccc1Cl)C(C)C. The van der Waals surface area contributed by atoms with Gasteiger partial charge in [0.25, 0.3) is 5.91 Å². The molecule has 1 fully saturated rings. The Labute approximate surface area is 171 Å². The summed E-state index contributed by atoms with van der Waals surface area (Å²) in [5.41, 5.74) is 3.64. The normalized spacial score (nSPS) is 18.1. The van der Waals surface area contributed by atoms with Crippen molar-refractivity contribution < 1.29 is 9.69 Å². The molecule has 2 aromatic carbocycles.